The second-order valence-corrected chi connectivity index (χ2v) is 3.71. The first-order valence-corrected chi connectivity index (χ1v) is 4.87. The largest absolute Gasteiger partial charge is 0.465 e. The predicted molar refractivity (Wildman–Crippen MR) is 51.6 cm³/mol. The fraction of sp³-hybridized carbons (Fsp3) is 0.545. The minimum Gasteiger partial charge on any atom is -0.465 e. The lowest BCUT2D eigenvalue weighted by Gasteiger charge is -2.18. The van der Waals surface area contributed by atoms with E-state index in [1.165, 1.54) is 6.92 Å². The number of allylic oxidation sites excluding steroid dienone is 2. The molecule has 0 amide bonds. The maximum atomic E-state index is 10.7. The van der Waals surface area contributed by atoms with Crippen molar-refractivity contribution >= 4 is 5.97 Å². The van der Waals surface area contributed by atoms with Gasteiger partial charge < -0.3 is 9.47 Å². The molecule has 0 aromatic heterocycles. The molecule has 0 bridgehead atoms. The topological polar surface area (TPSA) is 35.5 Å². The average molecular weight is 194 g/mol. The van der Waals surface area contributed by atoms with Crippen molar-refractivity contribution in [2.75, 3.05) is 13.2 Å². The molecule has 0 aromatic rings. The first-order valence-electron chi connectivity index (χ1n) is 4.87. The highest BCUT2D eigenvalue weighted by atomic mass is 16.5. The number of carbonyl (C=O) groups excluding carboxylic acids is 1. The van der Waals surface area contributed by atoms with Crippen LogP contribution < -0.4 is 0 Å². The number of rotatable bonds is 2. The van der Waals surface area contributed by atoms with Gasteiger partial charge in [-0.25, -0.2) is 0 Å². The van der Waals surface area contributed by atoms with E-state index in [1.807, 2.05) is 12.2 Å². The van der Waals surface area contributed by atoms with Crippen LogP contribution in [0, 0.1) is 11.8 Å². The molecule has 2 rings (SSSR count). The van der Waals surface area contributed by atoms with Gasteiger partial charge in [-0.15, -0.1) is 0 Å². The summed E-state index contributed by atoms with van der Waals surface area (Å²) in [4.78, 5) is 10.7. The monoisotopic (exact) mass is 194 g/mol. The summed E-state index contributed by atoms with van der Waals surface area (Å²) in [7, 11) is 0. The molecule has 3 heteroatoms. The van der Waals surface area contributed by atoms with Gasteiger partial charge in [0.05, 0.1) is 19.3 Å². The Labute approximate surface area is 83.4 Å². The quantitative estimate of drug-likeness (QED) is 0.622. The van der Waals surface area contributed by atoms with Crippen LogP contribution >= 0.6 is 0 Å². The summed E-state index contributed by atoms with van der Waals surface area (Å²) in [6.07, 6.45) is 8.39. The van der Waals surface area contributed by atoms with Gasteiger partial charge in [0.25, 0.3) is 0 Å². The zero-order chi connectivity index (χ0) is 9.97. The molecule has 1 saturated heterocycles. The van der Waals surface area contributed by atoms with Gasteiger partial charge in [0, 0.05) is 18.8 Å². The molecule has 0 spiro atoms. The first kappa shape index (κ1) is 9.46. The molecule has 14 heavy (non-hydrogen) atoms. The third-order valence-electron chi connectivity index (χ3n) is 2.67. The van der Waals surface area contributed by atoms with E-state index in [2.05, 4.69) is 12.2 Å². The third kappa shape index (κ3) is 1.87. The Bertz CT molecular complexity index is 280. The van der Waals surface area contributed by atoms with Crippen LogP contribution in [0.4, 0.5) is 0 Å². The van der Waals surface area contributed by atoms with E-state index in [1.54, 1.807) is 0 Å². The van der Waals surface area contributed by atoms with E-state index < -0.39 is 0 Å². The number of hydrogen-bond donors (Lipinski definition) is 0. The number of hydrogen-bond acceptors (Lipinski definition) is 3. The SMILES string of the molecule is CC(=O)OC[C@H]1COC2C=CC=CC21. The molecule has 2 unspecified atom stereocenters. The highest BCUT2D eigenvalue weighted by Gasteiger charge is 2.35. The molecule has 0 radical (unpaired) electrons. The zero-order valence-electron chi connectivity index (χ0n) is 8.18. The summed E-state index contributed by atoms with van der Waals surface area (Å²) in [5.74, 6) is 0.466. The van der Waals surface area contributed by atoms with Crippen LogP contribution in [-0.2, 0) is 14.3 Å². The van der Waals surface area contributed by atoms with E-state index in [4.69, 9.17) is 9.47 Å². The second kappa shape index (κ2) is 3.96. The number of ether oxygens (including phenoxy) is 2. The maximum absolute atomic E-state index is 10.7. The lowest BCUT2D eigenvalue weighted by Crippen LogP contribution is -2.22. The Morgan fingerprint density at radius 2 is 2.29 bits per heavy atom. The lowest BCUT2D eigenvalue weighted by molar-refractivity contribution is -0.142. The van der Waals surface area contributed by atoms with Gasteiger partial charge in [-0.2, -0.15) is 0 Å². The van der Waals surface area contributed by atoms with Crippen LogP contribution in [0.2, 0.25) is 0 Å². The molecule has 0 saturated carbocycles. The van der Waals surface area contributed by atoms with Crippen molar-refractivity contribution in [1.29, 1.82) is 0 Å². The van der Waals surface area contributed by atoms with Gasteiger partial charge in [-0.1, -0.05) is 24.3 Å². The van der Waals surface area contributed by atoms with E-state index in [9.17, 15) is 4.79 Å². The summed E-state index contributed by atoms with van der Waals surface area (Å²) < 4.78 is 10.6. The third-order valence-corrected chi connectivity index (χ3v) is 2.67. The summed E-state index contributed by atoms with van der Waals surface area (Å²) in [5.41, 5.74) is 0. The minimum absolute atomic E-state index is 0.181. The molecule has 0 aromatic carbocycles. The molecular weight excluding hydrogens is 180 g/mol. The van der Waals surface area contributed by atoms with Crippen LogP contribution in [-0.4, -0.2) is 25.3 Å². The predicted octanol–water partition coefficient (Wildman–Crippen LogP) is 1.31. The van der Waals surface area contributed by atoms with Crippen molar-refractivity contribution in [3.63, 3.8) is 0 Å². The Morgan fingerprint density at radius 3 is 3.07 bits per heavy atom. The van der Waals surface area contributed by atoms with Gasteiger partial charge in [-0.3, -0.25) is 4.79 Å². The van der Waals surface area contributed by atoms with E-state index in [0.29, 0.717) is 25.0 Å². The standard InChI is InChI=1S/C11H14O3/c1-8(12)13-6-9-7-14-11-5-3-2-4-10(9)11/h2-5,9-11H,6-7H2,1H3/t9-,10?,11?/m0/s1. The normalized spacial score (nSPS) is 34.2. The van der Waals surface area contributed by atoms with Gasteiger partial charge in [0.1, 0.15) is 0 Å². The molecule has 1 fully saturated rings. The molecular formula is C11H14O3. The van der Waals surface area contributed by atoms with Crippen molar-refractivity contribution < 1.29 is 14.3 Å². The molecule has 76 valence electrons. The molecule has 3 nitrogen and oxygen atoms in total. The molecule has 0 N–H and O–H groups in total. The van der Waals surface area contributed by atoms with Crippen LogP contribution in [0.15, 0.2) is 24.3 Å². The van der Waals surface area contributed by atoms with Gasteiger partial charge in [-0.05, 0) is 0 Å². The van der Waals surface area contributed by atoms with Gasteiger partial charge in [0.2, 0.25) is 0 Å². The van der Waals surface area contributed by atoms with Crippen LogP contribution in [0.25, 0.3) is 0 Å². The average Bonchev–Trinajstić information content (AvgIpc) is 2.58. The zero-order valence-corrected chi connectivity index (χ0v) is 8.18. The molecule has 1 heterocycles. The number of esters is 1. The van der Waals surface area contributed by atoms with Crippen molar-refractivity contribution in [2.45, 2.75) is 13.0 Å². The van der Waals surface area contributed by atoms with E-state index >= 15 is 0 Å². The Balaban J connectivity index is 1.92. The minimum atomic E-state index is -0.219. The summed E-state index contributed by atoms with van der Waals surface area (Å²) in [5, 5.41) is 0. The highest BCUT2D eigenvalue weighted by molar-refractivity contribution is 5.65. The summed E-state index contributed by atoms with van der Waals surface area (Å²) in [6.45, 7) is 2.58. The molecule has 1 aliphatic carbocycles. The van der Waals surface area contributed by atoms with Crippen LogP contribution in [0.5, 0.6) is 0 Å². The lowest BCUT2D eigenvalue weighted by atomic mass is 9.88. The molecule has 2 aliphatic rings. The van der Waals surface area contributed by atoms with Crippen molar-refractivity contribution in [1.82, 2.24) is 0 Å². The van der Waals surface area contributed by atoms with Crippen LogP contribution in [0.3, 0.4) is 0 Å². The van der Waals surface area contributed by atoms with Gasteiger partial charge in [0.15, 0.2) is 0 Å². The fourth-order valence-electron chi connectivity index (χ4n) is 1.93. The Kier molecular flexibility index (Phi) is 2.68. The van der Waals surface area contributed by atoms with Crippen molar-refractivity contribution in [3.05, 3.63) is 24.3 Å². The van der Waals surface area contributed by atoms with Crippen molar-refractivity contribution in [2.24, 2.45) is 11.8 Å². The van der Waals surface area contributed by atoms with Gasteiger partial charge >= 0.3 is 5.97 Å². The highest BCUT2D eigenvalue weighted by Crippen LogP contribution is 2.31. The van der Waals surface area contributed by atoms with E-state index in [-0.39, 0.29) is 12.1 Å². The second-order valence-electron chi connectivity index (χ2n) is 3.71. The number of carbonyl (C=O) groups is 1. The smallest absolute Gasteiger partial charge is 0.302 e. The van der Waals surface area contributed by atoms with Crippen molar-refractivity contribution in [3.8, 4) is 0 Å². The summed E-state index contributed by atoms with van der Waals surface area (Å²) in [6, 6.07) is 0. The summed E-state index contributed by atoms with van der Waals surface area (Å²) >= 11 is 0. The number of fused-ring (bicyclic) bond motifs is 1. The Morgan fingerprint density at radius 1 is 1.50 bits per heavy atom. The van der Waals surface area contributed by atoms with Crippen LogP contribution in [0.1, 0.15) is 6.92 Å². The first-order chi connectivity index (χ1) is 6.77. The Hall–Kier alpha value is -1.09. The molecule has 1 aliphatic heterocycles. The van der Waals surface area contributed by atoms with E-state index in [0.717, 1.165) is 0 Å². The fourth-order valence-corrected chi connectivity index (χ4v) is 1.93. The molecule has 3 atom stereocenters. The maximum Gasteiger partial charge on any atom is 0.302 e.